The number of halogens is 1. The minimum Gasteiger partial charge on any atom is -0.508 e. The molecule has 3 heteroatoms. The second-order valence-corrected chi connectivity index (χ2v) is 3.91. The summed E-state index contributed by atoms with van der Waals surface area (Å²) in [5, 5.41) is 9.54. The fraction of sp³-hybridized carbons (Fsp3) is 0.500. The van der Waals surface area contributed by atoms with Crippen LogP contribution in [0.25, 0.3) is 0 Å². The first-order valence-electron chi connectivity index (χ1n) is 5.29. The largest absolute Gasteiger partial charge is 0.508 e. The first-order valence-corrected chi connectivity index (χ1v) is 5.29. The van der Waals surface area contributed by atoms with Gasteiger partial charge >= 0.3 is 0 Å². The number of aromatic hydroxyl groups is 1. The Hall–Kier alpha value is -1.09. The topological polar surface area (TPSA) is 29.5 Å². The third kappa shape index (κ3) is 2.29. The normalized spacial score (nSPS) is 20.1. The molecule has 1 aromatic carbocycles. The van der Waals surface area contributed by atoms with Gasteiger partial charge in [-0.3, -0.25) is 0 Å². The molecular formula is C12H15FO2. The van der Waals surface area contributed by atoms with Crippen LogP contribution in [0.2, 0.25) is 0 Å². The second-order valence-electron chi connectivity index (χ2n) is 3.91. The molecule has 0 amide bonds. The average molecular weight is 210 g/mol. The Bertz CT molecular complexity index is 321. The van der Waals surface area contributed by atoms with Crippen LogP contribution in [-0.2, 0) is 4.74 Å². The SMILES string of the molecule is Oc1ccccc1C(F)C1CCOCC1. The number of phenolic OH excluding ortho intramolecular Hbond substituents is 1. The summed E-state index contributed by atoms with van der Waals surface area (Å²) in [7, 11) is 0. The molecule has 1 aliphatic rings. The molecule has 2 rings (SSSR count). The average Bonchev–Trinajstić information content (AvgIpc) is 2.30. The van der Waals surface area contributed by atoms with Crippen molar-refractivity contribution < 1.29 is 14.2 Å². The van der Waals surface area contributed by atoms with E-state index in [9.17, 15) is 9.50 Å². The lowest BCUT2D eigenvalue weighted by atomic mass is 9.90. The Kier molecular flexibility index (Phi) is 3.21. The van der Waals surface area contributed by atoms with E-state index in [1.807, 2.05) is 0 Å². The Morgan fingerprint density at radius 1 is 1.27 bits per heavy atom. The summed E-state index contributed by atoms with van der Waals surface area (Å²) < 4.78 is 19.3. The van der Waals surface area contributed by atoms with Gasteiger partial charge in [0.25, 0.3) is 0 Å². The number of phenols is 1. The summed E-state index contributed by atoms with van der Waals surface area (Å²) >= 11 is 0. The lowest BCUT2D eigenvalue weighted by molar-refractivity contribution is 0.0360. The first-order chi connectivity index (χ1) is 7.29. The van der Waals surface area contributed by atoms with Crippen molar-refractivity contribution in [2.45, 2.75) is 19.0 Å². The molecule has 1 N–H and O–H groups in total. The lowest BCUT2D eigenvalue weighted by Crippen LogP contribution is -2.19. The summed E-state index contributed by atoms with van der Waals surface area (Å²) in [6, 6.07) is 6.63. The van der Waals surface area contributed by atoms with Crippen LogP contribution in [0.4, 0.5) is 4.39 Å². The molecular weight excluding hydrogens is 195 g/mol. The molecule has 1 fully saturated rings. The van der Waals surface area contributed by atoms with E-state index < -0.39 is 6.17 Å². The van der Waals surface area contributed by atoms with E-state index >= 15 is 0 Å². The molecule has 1 unspecified atom stereocenters. The molecule has 2 nitrogen and oxygen atoms in total. The highest BCUT2D eigenvalue weighted by Crippen LogP contribution is 2.36. The summed E-state index contributed by atoms with van der Waals surface area (Å²) in [5.41, 5.74) is 0.407. The van der Waals surface area contributed by atoms with Crippen molar-refractivity contribution in [3.63, 3.8) is 0 Å². The lowest BCUT2D eigenvalue weighted by Gasteiger charge is -2.25. The molecule has 1 aromatic rings. The fourth-order valence-corrected chi connectivity index (χ4v) is 1.98. The maximum absolute atomic E-state index is 14.1. The van der Waals surface area contributed by atoms with E-state index in [0.29, 0.717) is 18.8 Å². The number of rotatable bonds is 2. The summed E-state index contributed by atoms with van der Waals surface area (Å²) in [5.74, 6) is 0.0311. The number of alkyl halides is 1. The van der Waals surface area contributed by atoms with Gasteiger partial charge in [0.15, 0.2) is 0 Å². The van der Waals surface area contributed by atoms with Gasteiger partial charge in [-0.15, -0.1) is 0 Å². The van der Waals surface area contributed by atoms with Crippen LogP contribution in [0.5, 0.6) is 5.75 Å². The minimum atomic E-state index is -1.07. The zero-order valence-electron chi connectivity index (χ0n) is 8.53. The third-order valence-corrected chi connectivity index (χ3v) is 2.91. The molecule has 0 bridgehead atoms. The Balaban J connectivity index is 2.12. The number of ether oxygens (including phenoxy) is 1. The zero-order valence-corrected chi connectivity index (χ0v) is 8.53. The molecule has 82 valence electrons. The first kappa shape index (κ1) is 10.4. The van der Waals surface area contributed by atoms with Gasteiger partial charge in [-0.05, 0) is 24.8 Å². The van der Waals surface area contributed by atoms with Crippen molar-refractivity contribution in [3.05, 3.63) is 29.8 Å². The summed E-state index contributed by atoms with van der Waals surface area (Å²) in [4.78, 5) is 0. The molecule has 0 radical (unpaired) electrons. The van der Waals surface area contributed by atoms with Crippen molar-refractivity contribution in [1.29, 1.82) is 0 Å². The maximum atomic E-state index is 14.1. The van der Waals surface area contributed by atoms with Crippen molar-refractivity contribution in [1.82, 2.24) is 0 Å². The molecule has 1 atom stereocenters. The van der Waals surface area contributed by atoms with Crippen LogP contribution in [0.1, 0.15) is 24.6 Å². The predicted octanol–water partition coefficient (Wildman–Crippen LogP) is 2.83. The van der Waals surface area contributed by atoms with Gasteiger partial charge < -0.3 is 9.84 Å². The third-order valence-electron chi connectivity index (χ3n) is 2.91. The maximum Gasteiger partial charge on any atom is 0.132 e. The molecule has 15 heavy (non-hydrogen) atoms. The van der Waals surface area contributed by atoms with Gasteiger partial charge in [-0.2, -0.15) is 0 Å². The van der Waals surface area contributed by atoms with Crippen molar-refractivity contribution >= 4 is 0 Å². The molecule has 0 aliphatic carbocycles. The van der Waals surface area contributed by atoms with E-state index in [-0.39, 0.29) is 11.7 Å². The zero-order chi connectivity index (χ0) is 10.7. The molecule has 1 saturated heterocycles. The minimum absolute atomic E-state index is 0.0213. The van der Waals surface area contributed by atoms with Crippen LogP contribution < -0.4 is 0 Å². The molecule has 1 heterocycles. The number of hydrogen-bond donors (Lipinski definition) is 1. The molecule has 0 aromatic heterocycles. The van der Waals surface area contributed by atoms with E-state index in [1.54, 1.807) is 18.2 Å². The number of benzene rings is 1. The van der Waals surface area contributed by atoms with E-state index in [2.05, 4.69) is 0 Å². The highest BCUT2D eigenvalue weighted by Gasteiger charge is 2.26. The van der Waals surface area contributed by atoms with Crippen LogP contribution in [-0.4, -0.2) is 18.3 Å². The quantitative estimate of drug-likeness (QED) is 0.813. The van der Waals surface area contributed by atoms with Gasteiger partial charge in [0, 0.05) is 18.8 Å². The Labute approximate surface area is 88.7 Å². The van der Waals surface area contributed by atoms with Gasteiger partial charge in [-0.25, -0.2) is 4.39 Å². The van der Waals surface area contributed by atoms with Crippen molar-refractivity contribution in [2.24, 2.45) is 5.92 Å². The monoisotopic (exact) mass is 210 g/mol. The Morgan fingerprint density at radius 3 is 2.60 bits per heavy atom. The number of para-hydroxylation sites is 1. The van der Waals surface area contributed by atoms with Crippen LogP contribution in [0, 0.1) is 5.92 Å². The van der Waals surface area contributed by atoms with Gasteiger partial charge in [0.1, 0.15) is 11.9 Å². The molecule has 1 aliphatic heterocycles. The van der Waals surface area contributed by atoms with Crippen LogP contribution in [0.15, 0.2) is 24.3 Å². The smallest absolute Gasteiger partial charge is 0.132 e. The number of hydrogen-bond acceptors (Lipinski definition) is 2. The van der Waals surface area contributed by atoms with E-state index in [0.717, 1.165) is 12.8 Å². The summed E-state index contributed by atoms with van der Waals surface area (Å²) in [6.45, 7) is 1.25. The van der Waals surface area contributed by atoms with E-state index in [4.69, 9.17) is 4.74 Å². The van der Waals surface area contributed by atoms with E-state index in [1.165, 1.54) is 6.07 Å². The van der Waals surface area contributed by atoms with Gasteiger partial charge in [0.05, 0.1) is 0 Å². The highest BCUT2D eigenvalue weighted by atomic mass is 19.1. The summed E-state index contributed by atoms with van der Waals surface area (Å²) in [6.07, 6.45) is 0.389. The van der Waals surface area contributed by atoms with Crippen LogP contribution in [0.3, 0.4) is 0 Å². The van der Waals surface area contributed by atoms with Crippen LogP contribution >= 0.6 is 0 Å². The fourth-order valence-electron chi connectivity index (χ4n) is 1.98. The second kappa shape index (κ2) is 4.62. The van der Waals surface area contributed by atoms with Gasteiger partial charge in [-0.1, -0.05) is 18.2 Å². The van der Waals surface area contributed by atoms with Crippen molar-refractivity contribution in [2.75, 3.05) is 13.2 Å². The standard InChI is InChI=1S/C12H15FO2/c13-12(9-5-7-15-8-6-9)10-3-1-2-4-11(10)14/h1-4,9,12,14H,5-8H2. The predicted molar refractivity (Wildman–Crippen MR) is 55.5 cm³/mol. The Morgan fingerprint density at radius 2 is 1.93 bits per heavy atom. The highest BCUT2D eigenvalue weighted by molar-refractivity contribution is 5.34. The molecule has 0 spiro atoms. The van der Waals surface area contributed by atoms with Gasteiger partial charge in [0.2, 0.25) is 0 Å². The molecule has 0 saturated carbocycles. The van der Waals surface area contributed by atoms with Crippen molar-refractivity contribution in [3.8, 4) is 5.75 Å².